The van der Waals surface area contributed by atoms with E-state index in [-0.39, 0.29) is 0 Å². The minimum atomic E-state index is -2.33. The molecule has 0 saturated carbocycles. The van der Waals surface area contributed by atoms with E-state index < -0.39 is 18.3 Å². The fraction of sp³-hybridized carbons (Fsp3) is 0.769. The number of ether oxygens (including phenoxy) is 2. The molecule has 0 aromatic rings. The van der Waals surface area contributed by atoms with Gasteiger partial charge < -0.3 is 44.9 Å². The van der Waals surface area contributed by atoms with Crippen molar-refractivity contribution in [3.63, 3.8) is 0 Å². The highest BCUT2D eigenvalue weighted by Crippen LogP contribution is 1.89. The summed E-state index contributed by atoms with van der Waals surface area (Å²) in [5.74, 6) is 0. The number of likely N-dealkylation sites (N-methyl/N-ethyl adjacent to an activating group) is 2. The van der Waals surface area contributed by atoms with Crippen molar-refractivity contribution in [1.82, 2.24) is 0 Å². The van der Waals surface area contributed by atoms with Crippen molar-refractivity contribution in [1.29, 1.82) is 0 Å². The Morgan fingerprint density at radius 3 is 1.08 bits per heavy atom. The normalized spacial score (nSPS) is 10.2. The topological polar surface area (TPSA) is 168 Å². The molecule has 0 spiro atoms. The molecular weight excluding hydrogens is 324 g/mol. The Hall–Kier alpha value is -2.27. The number of carbonyl (C=O) groups excluding carboxylic acids is 3. The average molecular weight is 354 g/mol. The fourth-order valence-electron chi connectivity index (χ4n) is 0.840. The van der Waals surface area contributed by atoms with Gasteiger partial charge in [-0.2, -0.15) is 0 Å². The molecule has 0 aromatic carbocycles. The molecule has 0 aliphatic rings. The number of carboxylic acid groups (broad SMARTS) is 2. The molecule has 0 radical (unpaired) electrons. The van der Waals surface area contributed by atoms with Crippen molar-refractivity contribution in [2.75, 3.05) is 68.6 Å². The van der Waals surface area contributed by atoms with Crippen LogP contribution in [0.4, 0.5) is 14.4 Å². The first-order valence-electron chi connectivity index (χ1n) is 6.90. The highest BCUT2D eigenvalue weighted by atomic mass is 16.6. The lowest BCUT2D eigenvalue weighted by atomic mass is 10.5. The summed E-state index contributed by atoms with van der Waals surface area (Å²) in [7, 11) is 12.1. The molecule has 0 aromatic heterocycles. The lowest BCUT2D eigenvalue weighted by molar-refractivity contribution is -0.870. The molecule has 0 bridgehead atoms. The zero-order chi connectivity index (χ0) is 20.0. The Kier molecular flexibility index (Phi) is 14.6. The average Bonchev–Trinajstić information content (AvgIpc) is 2.23. The second-order valence-corrected chi connectivity index (χ2v) is 6.61. The molecule has 24 heavy (non-hydrogen) atoms. The molecule has 0 unspecified atom stereocenters. The predicted molar refractivity (Wildman–Crippen MR) is 82.3 cm³/mol. The van der Waals surface area contributed by atoms with Crippen molar-refractivity contribution in [2.24, 2.45) is 11.5 Å². The molecule has 11 heteroatoms. The zero-order valence-electron chi connectivity index (χ0n) is 15.2. The summed E-state index contributed by atoms with van der Waals surface area (Å²) in [4.78, 5) is 28.5. The molecule has 11 nitrogen and oxygen atoms in total. The summed E-state index contributed by atoms with van der Waals surface area (Å²) in [6, 6.07) is 0. The van der Waals surface area contributed by atoms with Crippen LogP contribution in [0, 0.1) is 0 Å². The van der Waals surface area contributed by atoms with E-state index in [2.05, 4.69) is 9.47 Å². The number of nitrogens with two attached hydrogens (primary N) is 2. The molecule has 0 heterocycles. The molecule has 0 saturated heterocycles. The number of amides is 2. The van der Waals surface area contributed by atoms with Gasteiger partial charge in [-0.3, -0.25) is 0 Å². The van der Waals surface area contributed by atoms with Crippen LogP contribution in [-0.2, 0) is 9.47 Å². The molecule has 144 valence electrons. The number of carbonyl (C=O) groups is 3. The van der Waals surface area contributed by atoms with Gasteiger partial charge >= 0.3 is 12.2 Å². The first-order valence-corrected chi connectivity index (χ1v) is 6.90. The van der Waals surface area contributed by atoms with Gasteiger partial charge in [0.1, 0.15) is 26.3 Å². The monoisotopic (exact) mass is 354 g/mol. The Morgan fingerprint density at radius 1 is 0.750 bits per heavy atom. The molecule has 0 rings (SSSR count). The Bertz CT molecular complexity index is 341. The maximum Gasteiger partial charge on any atom is 0.404 e. The third-order valence-corrected chi connectivity index (χ3v) is 2.01. The largest absolute Gasteiger partial charge is 0.652 e. The molecule has 2 amide bonds. The van der Waals surface area contributed by atoms with Crippen molar-refractivity contribution in [2.45, 2.75) is 0 Å². The lowest BCUT2D eigenvalue weighted by Gasteiger charge is -2.22. The van der Waals surface area contributed by atoms with E-state index >= 15 is 0 Å². The van der Waals surface area contributed by atoms with E-state index in [4.69, 9.17) is 26.5 Å². The summed E-state index contributed by atoms with van der Waals surface area (Å²) >= 11 is 0. The quantitative estimate of drug-likeness (QED) is 0.483. The summed E-state index contributed by atoms with van der Waals surface area (Å²) in [6.45, 7) is 2.34. The highest BCUT2D eigenvalue weighted by Gasteiger charge is 2.07. The second kappa shape index (κ2) is 13.2. The lowest BCUT2D eigenvalue weighted by Crippen LogP contribution is -2.38. The van der Waals surface area contributed by atoms with Gasteiger partial charge in [-0.25, -0.2) is 9.59 Å². The smallest absolute Gasteiger partial charge is 0.404 e. The maximum atomic E-state index is 10.1. The van der Waals surface area contributed by atoms with Crippen LogP contribution in [0.25, 0.3) is 0 Å². The number of hydrogen-bond donors (Lipinski definition) is 2. The molecule has 0 atom stereocenters. The van der Waals surface area contributed by atoms with Crippen LogP contribution >= 0.6 is 0 Å². The highest BCUT2D eigenvalue weighted by molar-refractivity contribution is 5.64. The third kappa shape index (κ3) is 50.3. The van der Waals surface area contributed by atoms with E-state index in [9.17, 15) is 9.59 Å². The van der Waals surface area contributed by atoms with Crippen molar-refractivity contribution < 1.29 is 43.0 Å². The zero-order valence-corrected chi connectivity index (χ0v) is 15.2. The number of nitrogens with zero attached hydrogens (tertiary/aromatic N) is 2. The van der Waals surface area contributed by atoms with Crippen LogP contribution < -0.4 is 21.7 Å². The summed E-state index contributed by atoms with van der Waals surface area (Å²) in [6.07, 6.45) is -3.73. The maximum absolute atomic E-state index is 10.1. The van der Waals surface area contributed by atoms with E-state index in [0.717, 1.165) is 22.1 Å². The van der Waals surface area contributed by atoms with Gasteiger partial charge in [-0.05, 0) is 6.16 Å². The number of hydrogen-bond acceptors (Lipinski definition) is 7. The summed E-state index contributed by atoms with van der Waals surface area (Å²) in [5.41, 5.74) is 9.51. The van der Waals surface area contributed by atoms with Gasteiger partial charge in [0, 0.05) is 0 Å². The summed E-state index contributed by atoms with van der Waals surface area (Å²) < 4.78 is 10.6. The van der Waals surface area contributed by atoms with Crippen molar-refractivity contribution in [3.05, 3.63) is 0 Å². The second-order valence-electron chi connectivity index (χ2n) is 6.61. The number of quaternary nitrogens is 2. The number of rotatable bonds is 6. The minimum absolute atomic E-state index is 0.388. The van der Waals surface area contributed by atoms with Gasteiger partial charge in [0.05, 0.1) is 42.3 Å². The summed E-state index contributed by atoms with van der Waals surface area (Å²) in [5, 5.41) is 16.7. The van der Waals surface area contributed by atoms with E-state index in [0.29, 0.717) is 13.2 Å². The minimum Gasteiger partial charge on any atom is -0.652 e. The molecule has 4 N–H and O–H groups in total. The molecule has 0 aliphatic heterocycles. The molecule has 0 fully saturated rings. The number of primary amides is 2. The molecule has 0 aliphatic carbocycles. The Labute approximate surface area is 142 Å². The van der Waals surface area contributed by atoms with Crippen LogP contribution in [0.15, 0.2) is 0 Å². The van der Waals surface area contributed by atoms with Crippen molar-refractivity contribution >= 4 is 18.3 Å². The van der Waals surface area contributed by atoms with E-state index in [1.54, 1.807) is 0 Å². The SMILES string of the molecule is C[N+](C)(C)CCOC(N)=O.C[N+](C)(C)CCOC(N)=O.O=C([O-])[O-]. The van der Waals surface area contributed by atoms with Gasteiger partial charge in [0.25, 0.3) is 0 Å². The van der Waals surface area contributed by atoms with Gasteiger partial charge in [0.15, 0.2) is 0 Å². The van der Waals surface area contributed by atoms with E-state index in [1.807, 2.05) is 42.3 Å². The van der Waals surface area contributed by atoms with Gasteiger partial charge in [-0.1, -0.05) is 0 Å². The first-order chi connectivity index (χ1) is 10.6. The molecular formula is C13H30N4O7. The van der Waals surface area contributed by atoms with Crippen molar-refractivity contribution in [3.8, 4) is 0 Å². The van der Waals surface area contributed by atoms with E-state index in [1.165, 1.54) is 0 Å². The Morgan fingerprint density at radius 2 is 0.958 bits per heavy atom. The standard InChI is InChI=1S/2C6H14N2O2.CH2O3/c2*1-8(2,3)4-5-10-6(7)9;2-1(3)4/h2*4-5H2,1-3H3,(H-,7,9);(H2,2,3,4). The van der Waals surface area contributed by atoms with Crippen LogP contribution in [-0.4, -0.2) is 95.9 Å². The van der Waals surface area contributed by atoms with Crippen LogP contribution in [0.5, 0.6) is 0 Å². The third-order valence-electron chi connectivity index (χ3n) is 2.01. The van der Waals surface area contributed by atoms with Crippen LogP contribution in [0.3, 0.4) is 0 Å². The Balaban J connectivity index is -0.000000301. The van der Waals surface area contributed by atoms with Crippen LogP contribution in [0.1, 0.15) is 0 Å². The van der Waals surface area contributed by atoms with Gasteiger partial charge in [-0.15, -0.1) is 0 Å². The van der Waals surface area contributed by atoms with Gasteiger partial charge in [0.2, 0.25) is 0 Å². The predicted octanol–water partition coefficient (Wildman–Crippen LogP) is -2.87. The van der Waals surface area contributed by atoms with Crippen LogP contribution in [0.2, 0.25) is 0 Å². The first kappa shape index (κ1) is 26.6. The fourth-order valence-corrected chi connectivity index (χ4v) is 0.840.